The van der Waals surface area contributed by atoms with Crippen molar-refractivity contribution in [2.45, 2.75) is 6.18 Å². The van der Waals surface area contributed by atoms with E-state index in [1.165, 1.54) is 18.3 Å². The molecule has 4 atom stereocenters. The first-order chi connectivity index (χ1) is 16.8. The Bertz CT molecular complexity index is 1150. The van der Waals surface area contributed by atoms with Gasteiger partial charge in [-0.2, -0.15) is 13.2 Å². The fourth-order valence-corrected chi connectivity index (χ4v) is 5.88. The van der Waals surface area contributed by atoms with Crippen molar-refractivity contribution in [3.8, 4) is 5.88 Å². The number of anilines is 2. The van der Waals surface area contributed by atoms with Gasteiger partial charge in [-0.1, -0.05) is 0 Å². The normalized spacial score (nSPS) is 26.3. The first kappa shape index (κ1) is 22.0. The molecule has 2 amide bonds. The first-order valence-corrected chi connectivity index (χ1v) is 11.4. The van der Waals surface area contributed by atoms with Crippen molar-refractivity contribution in [3.05, 3.63) is 47.7 Å². The summed E-state index contributed by atoms with van der Waals surface area (Å²) in [6.45, 7) is 1.15. The average molecular weight is 488 g/mol. The number of nitrogens with zero attached hydrogens (tertiary/aromatic N) is 3. The van der Waals surface area contributed by atoms with Gasteiger partial charge in [0.25, 0.3) is 11.8 Å². The summed E-state index contributed by atoms with van der Waals surface area (Å²) in [5, 5.41) is 0. The van der Waals surface area contributed by atoms with Crippen molar-refractivity contribution in [1.29, 1.82) is 0 Å². The minimum absolute atomic E-state index is 0.0146. The number of likely N-dealkylation sites (tertiary alicyclic amines) is 2. The lowest BCUT2D eigenvalue weighted by Gasteiger charge is -2.42. The maximum absolute atomic E-state index is 13.1. The number of benzene rings is 1. The third-order valence-corrected chi connectivity index (χ3v) is 7.53. The lowest BCUT2D eigenvalue weighted by atomic mass is 9.60. The summed E-state index contributed by atoms with van der Waals surface area (Å²) in [4.78, 5) is 33.6. The van der Waals surface area contributed by atoms with Gasteiger partial charge >= 0.3 is 6.18 Å². The van der Waals surface area contributed by atoms with Gasteiger partial charge in [0.05, 0.1) is 16.9 Å². The van der Waals surface area contributed by atoms with E-state index in [9.17, 15) is 22.8 Å². The maximum atomic E-state index is 13.1. The van der Waals surface area contributed by atoms with Crippen LogP contribution in [0.4, 0.5) is 24.5 Å². The standard InChI is InChI=1S/C23H23F3N6O3/c24-23(25,26)11-35-20-4-2-13(6-27-20)22(34)32-9-16-14-7-31(8-15(14)17(16)10-32)21(33)12-1-3-18-19(5-12)29-30-28-18/h1-6,14-17,28-30H,7-11H2/t14-,15+,16+,17?/m1/s1. The summed E-state index contributed by atoms with van der Waals surface area (Å²) in [6, 6.07) is 8.24. The Morgan fingerprint density at radius 2 is 1.46 bits per heavy atom. The molecule has 1 aromatic heterocycles. The number of hydrogen-bond donors (Lipinski definition) is 3. The number of alkyl halides is 3. The van der Waals surface area contributed by atoms with E-state index in [1.54, 1.807) is 4.90 Å². The summed E-state index contributed by atoms with van der Waals surface area (Å²) < 4.78 is 41.5. The lowest BCUT2D eigenvalue weighted by molar-refractivity contribution is -0.154. The smallest absolute Gasteiger partial charge is 0.422 e. The van der Waals surface area contributed by atoms with Gasteiger partial charge in [-0.3, -0.25) is 9.59 Å². The number of fused-ring (bicyclic) bond motifs is 5. The summed E-state index contributed by atoms with van der Waals surface area (Å²) in [5.74, 6) is 1.08. The highest BCUT2D eigenvalue weighted by Gasteiger charge is 2.59. The van der Waals surface area contributed by atoms with Crippen molar-refractivity contribution >= 4 is 23.2 Å². The van der Waals surface area contributed by atoms with E-state index < -0.39 is 12.8 Å². The van der Waals surface area contributed by atoms with Crippen molar-refractivity contribution < 1.29 is 27.5 Å². The SMILES string of the molecule is O=C(c1ccc(OCC(F)(F)F)nc1)N1CC2[C@@H](C1)[C@@H]1CN(C(=O)c3ccc4c(c3)NNN4)C[C@H]21. The van der Waals surface area contributed by atoms with Gasteiger partial charge in [-0.25, -0.2) is 4.98 Å². The zero-order valence-corrected chi connectivity index (χ0v) is 18.5. The van der Waals surface area contributed by atoms with E-state index in [2.05, 4.69) is 26.1 Å². The van der Waals surface area contributed by atoms with Crippen LogP contribution in [0, 0.1) is 23.7 Å². The van der Waals surface area contributed by atoms with Crippen molar-refractivity contribution in [2.24, 2.45) is 23.7 Å². The van der Waals surface area contributed by atoms with Crippen LogP contribution >= 0.6 is 0 Å². The second kappa shape index (κ2) is 8.01. The van der Waals surface area contributed by atoms with E-state index >= 15 is 0 Å². The van der Waals surface area contributed by atoms with Crippen LogP contribution in [0.2, 0.25) is 0 Å². The molecule has 1 saturated carbocycles. The highest BCUT2D eigenvalue weighted by Crippen LogP contribution is 2.54. The molecular weight excluding hydrogens is 465 g/mol. The van der Waals surface area contributed by atoms with Crippen molar-refractivity contribution in [3.63, 3.8) is 0 Å². The quantitative estimate of drug-likeness (QED) is 0.608. The molecular formula is C23H23F3N6O3. The fraction of sp³-hybridized carbons (Fsp3) is 0.435. The molecule has 184 valence electrons. The second-order valence-electron chi connectivity index (χ2n) is 9.50. The molecule has 6 rings (SSSR count). The molecule has 3 fully saturated rings. The molecule has 1 unspecified atom stereocenters. The molecule has 1 aromatic carbocycles. The Kier molecular flexibility index (Phi) is 5.02. The number of carbonyl (C=O) groups excluding carboxylic acids is 2. The zero-order valence-electron chi connectivity index (χ0n) is 18.5. The number of pyridine rings is 1. The molecule has 4 aliphatic rings. The van der Waals surface area contributed by atoms with Crippen LogP contribution < -0.4 is 21.1 Å². The van der Waals surface area contributed by atoms with E-state index in [0.717, 1.165) is 11.4 Å². The van der Waals surface area contributed by atoms with E-state index in [4.69, 9.17) is 0 Å². The highest BCUT2D eigenvalue weighted by atomic mass is 19.4. The molecule has 3 aliphatic heterocycles. The molecule has 0 bridgehead atoms. The van der Waals surface area contributed by atoms with Crippen LogP contribution in [0.3, 0.4) is 0 Å². The van der Waals surface area contributed by atoms with E-state index in [1.807, 2.05) is 23.1 Å². The third-order valence-electron chi connectivity index (χ3n) is 7.53. The monoisotopic (exact) mass is 488 g/mol. The third kappa shape index (κ3) is 3.91. The van der Waals surface area contributed by atoms with Gasteiger partial charge in [0, 0.05) is 44.0 Å². The van der Waals surface area contributed by atoms with Gasteiger partial charge in [-0.05, 0) is 47.9 Å². The number of ether oxygens (including phenoxy) is 1. The summed E-state index contributed by atoms with van der Waals surface area (Å²) in [6.07, 6.45) is -3.19. The molecule has 35 heavy (non-hydrogen) atoms. The molecule has 0 spiro atoms. The average Bonchev–Trinajstić information content (AvgIpc) is 3.55. The molecule has 2 aromatic rings. The van der Waals surface area contributed by atoms with Crippen molar-refractivity contribution in [1.82, 2.24) is 20.3 Å². The van der Waals surface area contributed by atoms with E-state index in [0.29, 0.717) is 61.0 Å². The predicted octanol–water partition coefficient (Wildman–Crippen LogP) is 2.37. The van der Waals surface area contributed by atoms with Crippen molar-refractivity contribution in [2.75, 3.05) is 43.6 Å². The molecule has 12 heteroatoms. The molecule has 1 aliphatic carbocycles. The lowest BCUT2D eigenvalue weighted by Crippen LogP contribution is -2.44. The Morgan fingerprint density at radius 1 is 0.886 bits per heavy atom. The predicted molar refractivity (Wildman–Crippen MR) is 118 cm³/mol. The largest absolute Gasteiger partial charge is 0.468 e. The Hall–Kier alpha value is -3.54. The molecule has 4 heterocycles. The van der Waals surface area contributed by atoms with Gasteiger partial charge < -0.3 is 25.4 Å². The number of carbonyl (C=O) groups is 2. The van der Waals surface area contributed by atoms with Crippen LogP contribution in [0.1, 0.15) is 20.7 Å². The molecule has 2 saturated heterocycles. The first-order valence-electron chi connectivity index (χ1n) is 11.4. The minimum atomic E-state index is -4.45. The number of amides is 2. The number of nitrogens with one attached hydrogen (secondary N) is 3. The summed E-state index contributed by atoms with van der Waals surface area (Å²) in [5.41, 5.74) is 11.4. The summed E-state index contributed by atoms with van der Waals surface area (Å²) in [7, 11) is 0. The number of halogens is 3. The topological polar surface area (TPSA) is 98.8 Å². The van der Waals surface area contributed by atoms with Gasteiger partial charge in [0.15, 0.2) is 6.61 Å². The number of hydrazine groups is 2. The van der Waals surface area contributed by atoms with Crippen LogP contribution in [-0.2, 0) is 0 Å². The van der Waals surface area contributed by atoms with Crippen LogP contribution in [0.5, 0.6) is 5.88 Å². The second-order valence-corrected chi connectivity index (χ2v) is 9.50. The Balaban J connectivity index is 1.05. The molecule has 9 nitrogen and oxygen atoms in total. The summed E-state index contributed by atoms with van der Waals surface area (Å²) >= 11 is 0. The van der Waals surface area contributed by atoms with Crippen LogP contribution in [-0.4, -0.2) is 65.6 Å². The van der Waals surface area contributed by atoms with Crippen LogP contribution in [0.15, 0.2) is 36.5 Å². The van der Waals surface area contributed by atoms with Gasteiger partial charge in [-0.15, -0.1) is 5.53 Å². The van der Waals surface area contributed by atoms with Gasteiger partial charge in [0.2, 0.25) is 5.88 Å². The number of rotatable bonds is 4. The Labute approximate surface area is 198 Å². The minimum Gasteiger partial charge on any atom is -0.468 e. The number of aromatic nitrogens is 1. The van der Waals surface area contributed by atoms with Gasteiger partial charge in [0.1, 0.15) is 0 Å². The Morgan fingerprint density at radius 3 is 2.03 bits per heavy atom. The van der Waals surface area contributed by atoms with Crippen LogP contribution in [0.25, 0.3) is 0 Å². The van der Waals surface area contributed by atoms with E-state index in [-0.39, 0.29) is 17.7 Å². The fourth-order valence-electron chi connectivity index (χ4n) is 5.88. The molecule has 0 radical (unpaired) electrons. The zero-order chi connectivity index (χ0) is 24.3. The molecule has 3 N–H and O–H groups in total. The maximum Gasteiger partial charge on any atom is 0.422 e. The number of hydrogen-bond acceptors (Lipinski definition) is 7. The highest BCUT2D eigenvalue weighted by molar-refractivity contribution is 5.97.